The lowest BCUT2D eigenvalue weighted by Crippen LogP contribution is -2.39. The van der Waals surface area contributed by atoms with Crippen LogP contribution in [0.5, 0.6) is 0 Å². The quantitative estimate of drug-likeness (QED) is 0.734. The third-order valence-electron chi connectivity index (χ3n) is 4.27. The minimum atomic E-state index is 0.332. The van der Waals surface area contributed by atoms with Gasteiger partial charge in [0.05, 0.1) is 0 Å². The maximum atomic E-state index is 11.9. The molecule has 1 aliphatic carbocycles. The van der Waals surface area contributed by atoms with E-state index >= 15 is 0 Å². The maximum Gasteiger partial charge on any atom is 0.223 e. The van der Waals surface area contributed by atoms with Crippen LogP contribution in [-0.4, -0.2) is 54.0 Å². The predicted octanol–water partition coefficient (Wildman–Crippen LogP) is 0.0303. The van der Waals surface area contributed by atoms with Crippen molar-refractivity contribution in [2.45, 2.75) is 37.8 Å². The molecule has 2 aliphatic heterocycles. The zero-order valence-electron chi connectivity index (χ0n) is 9.77. The largest absolute Gasteiger partial charge is 0.338 e. The van der Waals surface area contributed by atoms with Crippen LogP contribution >= 0.6 is 0 Å². The Morgan fingerprint density at radius 3 is 2.62 bits per heavy atom. The molecule has 0 spiro atoms. The summed E-state index contributed by atoms with van der Waals surface area (Å²) in [6, 6.07) is 1.32. The molecule has 1 amide bonds. The van der Waals surface area contributed by atoms with Crippen molar-refractivity contribution in [3.8, 4) is 0 Å². The minimum absolute atomic E-state index is 0.332. The molecule has 1 saturated carbocycles. The van der Waals surface area contributed by atoms with E-state index in [1.807, 2.05) is 0 Å². The van der Waals surface area contributed by atoms with Gasteiger partial charge in [0.1, 0.15) is 0 Å². The first kappa shape index (κ1) is 10.5. The zero-order valence-corrected chi connectivity index (χ0v) is 9.77. The predicted molar refractivity (Wildman–Crippen MR) is 61.9 cm³/mol. The van der Waals surface area contributed by atoms with Gasteiger partial charge in [-0.15, -0.1) is 0 Å². The summed E-state index contributed by atoms with van der Waals surface area (Å²) in [7, 11) is 0. The van der Waals surface area contributed by atoms with E-state index in [0.29, 0.717) is 30.8 Å². The molecule has 3 fully saturated rings. The van der Waals surface area contributed by atoms with E-state index in [4.69, 9.17) is 5.73 Å². The third kappa shape index (κ3) is 1.84. The Morgan fingerprint density at radius 2 is 2.00 bits per heavy atom. The normalized spacial score (nSPS) is 36.3. The molecule has 0 bridgehead atoms. The third-order valence-corrected chi connectivity index (χ3v) is 4.27. The van der Waals surface area contributed by atoms with Gasteiger partial charge in [0.15, 0.2) is 0 Å². The van der Waals surface area contributed by atoms with Crippen LogP contribution < -0.4 is 5.73 Å². The molecular formula is C12H21N3O. The zero-order chi connectivity index (χ0) is 11.1. The molecule has 90 valence electrons. The molecular weight excluding hydrogens is 202 g/mol. The second-order valence-electron chi connectivity index (χ2n) is 5.52. The molecule has 4 nitrogen and oxygen atoms in total. The molecule has 2 atom stereocenters. The summed E-state index contributed by atoms with van der Waals surface area (Å²) in [5.74, 6) is 0.737. The van der Waals surface area contributed by atoms with Crippen molar-refractivity contribution in [2.24, 2.45) is 11.7 Å². The second-order valence-corrected chi connectivity index (χ2v) is 5.52. The van der Waals surface area contributed by atoms with Gasteiger partial charge >= 0.3 is 0 Å². The molecule has 4 heteroatoms. The first-order chi connectivity index (χ1) is 7.78. The highest BCUT2D eigenvalue weighted by atomic mass is 16.2. The maximum absolute atomic E-state index is 11.9. The van der Waals surface area contributed by atoms with Crippen LogP contribution in [0.15, 0.2) is 0 Å². The monoisotopic (exact) mass is 223 g/mol. The number of rotatable bonds is 3. The molecule has 0 aromatic carbocycles. The molecule has 0 radical (unpaired) electrons. The van der Waals surface area contributed by atoms with Crippen LogP contribution in [0.3, 0.4) is 0 Å². The van der Waals surface area contributed by atoms with Gasteiger partial charge in [0.2, 0.25) is 5.91 Å². The summed E-state index contributed by atoms with van der Waals surface area (Å²) in [4.78, 5) is 16.5. The standard InChI is InChI=1S/C12H21N3O/c13-6-9-5-12(16)15(7-9)11-3-4-14(8-11)10-1-2-10/h9-11H,1-8,13H2. The molecule has 2 unspecified atom stereocenters. The van der Waals surface area contributed by atoms with Crippen molar-refractivity contribution >= 4 is 5.91 Å². The number of carbonyl (C=O) groups is 1. The highest BCUT2D eigenvalue weighted by Crippen LogP contribution is 2.32. The Bertz CT molecular complexity index is 290. The number of carbonyl (C=O) groups excluding carboxylic acids is 1. The van der Waals surface area contributed by atoms with Gasteiger partial charge in [-0.2, -0.15) is 0 Å². The van der Waals surface area contributed by atoms with Crippen molar-refractivity contribution in [3.63, 3.8) is 0 Å². The summed E-state index contributed by atoms with van der Waals surface area (Å²) in [6.07, 6.45) is 4.58. The molecule has 0 aromatic heterocycles. The molecule has 3 aliphatic rings. The number of amides is 1. The average Bonchev–Trinajstić information content (AvgIpc) is 2.89. The van der Waals surface area contributed by atoms with Gasteiger partial charge in [-0.1, -0.05) is 0 Å². The van der Waals surface area contributed by atoms with E-state index in [-0.39, 0.29) is 0 Å². The fourth-order valence-electron chi connectivity index (χ4n) is 3.11. The average molecular weight is 223 g/mol. The topological polar surface area (TPSA) is 49.6 Å². The smallest absolute Gasteiger partial charge is 0.223 e. The summed E-state index contributed by atoms with van der Waals surface area (Å²) in [5.41, 5.74) is 5.65. The van der Waals surface area contributed by atoms with Crippen molar-refractivity contribution in [1.29, 1.82) is 0 Å². The van der Waals surface area contributed by atoms with E-state index in [1.165, 1.54) is 25.8 Å². The highest BCUT2D eigenvalue weighted by Gasteiger charge is 2.40. The number of nitrogens with two attached hydrogens (primary N) is 1. The highest BCUT2D eigenvalue weighted by molar-refractivity contribution is 5.79. The molecule has 2 saturated heterocycles. The van der Waals surface area contributed by atoms with Crippen LogP contribution in [0.25, 0.3) is 0 Å². The van der Waals surface area contributed by atoms with Gasteiger partial charge in [0, 0.05) is 38.1 Å². The van der Waals surface area contributed by atoms with Crippen LogP contribution in [0.4, 0.5) is 0 Å². The van der Waals surface area contributed by atoms with Gasteiger partial charge in [-0.3, -0.25) is 9.69 Å². The van der Waals surface area contributed by atoms with E-state index in [9.17, 15) is 4.79 Å². The number of hydrogen-bond acceptors (Lipinski definition) is 3. The van der Waals surface area contributed by atoms with Gasteiger partial charge < -0.3 is 10.6 Å². The number of hydrogen-bond donors (Lipinski definition) is 1. The minimum Gasteiger partial charge on any atom is -0.338 e. The summed E-state index contributed by atoms with van der Waals surface area (Å²) < 4.78 is 0. The molecule has 3 rings (SSSR count). The van der Waals surface area contributed by atoms with E-state index in [0.717, 1.165) is 19.1 Å². The number of nitrogens with zero attached hydrogens (tertiary/aromatic N) is 2. The van der Waals surface area contributed by atoms with Crippen LogP contribution in [0, 0.1) is 5.92 Å². The van der Waals surface area contributed by atoms with Crippen LogP contribution in [0.2, 0.25) is 0 Å². The Kier molecular flexibility index (Phi) is 2.64. The number of likely N-dealkylation sites (tertiary alicyclic amines) is 2. The molecule has 2 heterocycles. The van der Waals surface area contributed by atoms with Crippen molar-refractivity contribution in [3.05, 3.63) is 0 Å². The van der Waals surface area contributed by atoms with E-state index in [2.05, 4.69) is 9.80 Å². The first-order valence-corrected chi connectivity index (χ1v) is 6.51. The van der Waals surface area contributed by atoms with Gasteiger partial charge in [-0.05, 0) is 31.7 Å². The second kappa shape index (κ2) is 4.00. The first-order valence-electron chi connectivity index (χ1n) is 6.51. The molecule has 16 heavy (non-hydrogen) atoms. The molecule has 2 N–H and O–H groups in total. The fourth-order valence-corrected chi connectivity index (χ4v) is 3.11. The fraction of sp³-hybridized carbons (Fsp3) is 0.917. The SMILES string of the molecule is NCC1CC(=O)N(C2CCN(C3CC3)C2)C1. The molecule has 0 aromatic rings. The lowest BCUT2D eigenvalue weighted by Gasteiger charge is -2.24. The van der Waals surface area contributed by atoms with Crippen molar-refractivity contribution in [2.75, 3.05) is 26.2 Å². The summed E-state index contributed by atoms with van der Waals surface area (Å²) in [5, 5.41) is 0. The Morgan fingerprint density at radius 1 is 1.19 bits per heavy atom. The Hall–Kier alpha value is -0.610. The van der Waals surface area contributed by atoms with Gasteiger partial charge in [-0.25, -0.2) is 0 Å². The van der Waals surface area contributed by atoms with Crippen molar-refractivity contribution < 1.29 is 4.79 Å². The lowest BCUT2D eigenvalue weighted by atomic mass is 10.1. The van der Waals surface area contributed by atoms with E-state index in [1.54, 1.807) is 0 Å². The lowest BCUT2D eigenvalue weighted by molar-refractivity contribution is -0.129. The summed E-state index contributed by atoms with van der Waals surface area (Å²) >= 11 is 0. The van der Waals surface area contributed by atoms with E-state index < -0.39 is 0 Å². The van der Waals surface area contributed by atoms with Crippen LogP contribution in [-0.2, 0) is 4.79 Å². The Balaban J connectivity index is 1.59. The van der Waals surface area contributed by atoms with Crippen molar-refractivity contribution in [1.82, 2.24) is 9.80 Å². The summed E-state index contributed by atoms with van der Waals surface area (Å²) in [6.45, 7) is 3.85. The Labute approximate surface area is 96.8 Å². The van der Waals surface area contributed by atoms with Gasteiger partial charge in [0.25, 0.3) is 0 Å². The van der Waals surface area contributed by atoms with Crippen LogP contribution in [0.1, 0.15) is 25.7 Å².